The van der Waals surface area contributed by atoms with Gasteiger partial charge >= 0.3 is 6.18 Å². The topological polar surface area (TPSA) is 63.7 Å². The molecule has 0 aliphatic rings. The minimum absolute atomic E-state index is 0.0457. The number of aromatic nitrogens is 4. The van der Waals surface area contributed by atoms with Gasteiger partial charge in [0.15, 0.2) is 0 Å². The highest BCUT2D eigenvalue weighted by Gasteiger charge is 2.30. The molecule has 1 N–H and O–H groups in total. The van der Waals surface area contributed by atoms with Crippen molar-refractivity contribution in [3.63, 3.8) is 0 Å². The van der Waals surface area contributed by atoms with E-state index in [0.29, 0.717) is 22.8 Å². The van der Waals surface area contributed by atoms with Crippen molar-refractivity contribution >= 4 is 0 Å². The van der Waals surface area contributed by atoms with E-state index in [1.54, 1.807) is 18.3 Å². The number of halogens is 4. The number of aryl methyl sites for hydroxylation is 1. The van der Waals surface area contributed by atoms with Gasteiger partial charge in [-0.1, -0.05) is 0 Å². The molecule has 0 fully saturated rings. The number of alkyl halides is 3. The third kappa shape index (κ3) is 4.71. The van der Waals surface area contributed by atoms with Crippen LogP contribution in [0.1, 0.15) is 16.8 Å². The van der Waals surface area contributed by atoms with Gasteiger partial charge in [-0.3, -0.25) is 4.98 Å². The third-order valence-corrected chi connectivity index (χ3v) is 4.59. The molecular weight excluding hydrogens is 412 g/mol. The normalized spacial score (nSPS) is 11.5. The Hall–Kier alpha value is -3.75. The molecule has 0 atom stereocenters. The van der Waals surface area contributed by atoms with Gasteiger partial charge in [-0.15, -0.1) is 0 Å². The molecule has 3 heterocycles. The number of benzene rings is 1. The van der Waals surface area contributed by atoms with Crippen molar-refractivity contribution < 1.29 is 22.3 Å². The van der Waals surface area contributed by atoms with Crippen LogP contribution >= 0.6 is 0 Å². The number of hydrogen-bond donors (Lipinski definition) is 1. The molecule has 0 saturated heterocycles. The highest BCUT2D eigenvalue weighted by molar-refractivity contribution is 5.65. The first-order chi connectivity index (χ1) is 14.8. The summed E-state index contributed by atoms with van der Waals surface area (Å²) in [6, 6.07) is 10.6. The lowest BCUT2D eigenvalue weighted by molar-refractivity contribution is -0.137. The zero-order valence-electron chi connectivity index (χ0n) is 16.2. The van der Waals surface area contributed by atoms with Gasteiger partial charge in [-0.2, -0.15) is 17.6 Å². The number of nitrogens with one attached hydrogen (secondary N) is 1. The summed E-state index contributed by atoms with van der Waals surface area (Å²) in [6.45, 7) is 1.91. The van der Waals surface area contributed by atoms with Crippen molar-refractivity contribution in [3.8, 4) is 28.4 Å². The number of H-pyrrole nitrogens is 1. The Balaban J connectivity index is 1.45. The fourth-order valence-corrected chi connectivity index (χ4v) is 2.94. The molecule has 4 aromatic rings. The Morgan fingerprint density at radius 1 is 0.903 bits per heavy atom. The van der Waals surface area contributed by atoms with Gasteiger partial charge in [0, 0.05) is 23.5 Å². The minimum atomic E-state index is -4.42. The number of ether oxygens (including phenoxy) is 1. The maximum Gasteiger partial charge on any atom is 0.417 e. The molecule has 0 aliphatic carbocycles. The highest BCUT2D eigenvalue weighted by Crippen LogP contribution is 2.29. The lowest BCUT2D eigenvalue weighted by Crippen LogP contribution is -2.07. The summed E-state index contributed by atoms with van der Waals surface area (Å²) in [4.78, 5) is 14.9. The van der Waals surface area contributed by atoms with E-state index in [2.05, 4.69) is 19.9 Å². The smallest absolute Gasteiger partial charge is 0.417 e. The number of rotatable bonds is 5. The van der Waals surface area contributed by atoms with Crippen molar-refractivity contribution in [3.05, 3.63) is 83.8 Å². The van der Waals surface area contributed by atoms with E-state index in [4.69, 9.17) is 4.74 Å². The highest BCUT2D eigenvalue weighted by atomic mass is 19.4. The average molecular weight is 428 g/mol. The quantitative estimate of drug-likeness (QED) is 0.333. The SMILES string of the molecule is Cc1cc(-c2cnc(-c3ccc(F)nc3)[nH]2)ccc1OCc1ccc(C(F)(F)F)cn1. The molecular formula is C22H16F4N4O. The molecule has 4 rings (SSSR count). The largest absolute Gasteiger partial charge is 0.487 e. The second kappa shape index (κ2) is 8.17. The predicted octanol–water partition coefficient (Wildman–Crippen LogP) is 5.58. The summed E-state index contributed by atoms with van der Waals surface area (Å²) in [7, 11) is 0. The van der Waals surface area contributed by atoms with Crippen LogP contribution in [0.3, 0.4) is 0 Å². The van der Waals surface area contributed by atoms with E-state index in [-0.39, 0.29) is 6.61 Å². The number of imidazole rings is 1. The average Bonchev–Trinajstić information content (AvgIpc) is 3.23. The lowest BCUT2D eigenvalue weighted by atomic mass is 10.1. The lowest BCUT2D eigenvalue weighted by Gasteiger charge is -2.11. The van der Waals surface area contributed by atoms with Crippen LogP contribution in [0.2, 0.25) is 0 Å². The Morgan fingerprint density at radius 2 is 1.71 bits per heavy atom. The maximum atomic E-state index is 13.0. The first-order valence-corrected chi connectivity index (χ1v) is 9.22. The molecule has 158 valence electrons. The monoisotopic (exact) mass is 428 g/mol. The van der Waals surface area contributed by atoms with Gasteiger partial charge in [-0.25, -0.2) is 9.97 Å². The molecule has 0 amide bonds. The molecule has 31 heavy (non-hydrogen) atoms. The van der Waals surface area contributed by atoms with E-state index in [0.717, 1.165) is 29.1 Å². The van der Waals surface area contributed by atoms with Crippen LogP contribution in [-0.2, 0) is 12.8 Å². The van der Waals surface area contributed by atoms with Crippen molar-refractivity contribution in [2.75, 3.05) is 0 Å². The first-order valence-electron chi connectivity index (χ1n) is 9.22. The number of nitrogens with zero attached hydrogens (tertiary/aromatic N) is 3. The Labute approximate surface area is 174 Å². The summed E-state index contributed by atoms with van der Waals surface area (Å²) < 4.78 is 56.6. The summed E-state index contributed by atoms with van der Waals surface area (Å²) >= 11 is 0. The van der Waals surface area contributed by atoms with Crippen LogP contribution in [0.15, 0.2) is 61.1 Å². The molecule has 0 saturated carbocycles. The fraction of sp³-hybridized carbons (Fsp3) is 0.136. The van der Waals surface area contributed by atoms with Gasteiger partial charge in [0.1, 0.15) is 18.2 Å². The Kier molecular flexibility index (Phi) is 5.41. The van der Waals surface area contributed by atoms with Crippen molar-refractivity contribution in [1.82, 2.24) is 19.9 Å². The van der Waals surface area contributed by atoms with Crippen LogP contribution in [0, 0.1) is 12.9 Å². The molecule has 3 aromatic heterocycles. The van der Waals surface area contributed by atoms with Crippen LogP contribution in [0.5, 0.6) is 5.75 Å². The van der Waals surface area contributed by atoms with Gasteiger partial charge < -0.3 is 9.72 Å². The van der Waals surface area contributed by atoms with Gasteiger partial charge in [0.05, 0.1) is 23.1 Å². The fourth-order valence-electron chi connectivity index (χ4n) is 2.94. The van der Waals surface area contributed by atoms with Crippen molar-refractivity contribution in [2.24, 2.45) is 0 Å². The summed E-state index contributed by atoms with van der Waals surface area (Å²) in [5.41, 5.74) is 2.72. The van der Waals surface area contributed by atoms with E-state index in [1.807, 2.05) is 19.1 Å². The molecule has 0 spiro atoms. The summed E-state index contributed by atoms with van der Waals surface area (Å²) in [5, 5.41) is 0. The zero-order valence-corrected chi connectivity index (χ0v) is 16.2. The zero-order chi connectivity index (χ0) is 22.0. The van der Waals surface area contributed by atoms with Crippen molar-refractivity contribution in [1.29, 1.82) is 0 Å². The van der Waals surface area contributed by atoms with Crippen LogP contribution in [-0.4, -0.2) is 19.9 Å². The third-order valence-electron chi connectivity index (χ3n) is 4.59. The summed E-state index contributed by atoms with van der Waals surface area (Å²) in [5.74, 6) is 0.593. The van der Waals surface area contributed by atoms with E-state index < -0.39 is 17.7 Å². The van der Waals surface area contributed by atoms with Crippen molar-refractivity contribution in [2.45, 2.75) is 19.7 Å². The second-order valence-corrected chi connectivity index (χ2v) is 6.82. The van der Waals surface area contributed by atoms with Gasteiger partial charge in [0.2, 0.25) is 5.95 Å². The van der Waals surface area contributed by atoms with Crippen LogP contribution in [0.25, 0.3) is 22.6 Å². The summed E-state index contributed by atoms with van der Waals surface area (Å²) in [6.07, 6.45) is -0.560. The first kappa shape index (κ1) is 20.5. The van der Waals surface area contributed by atoms with Gasteiger partial charge in [-0.05, 0) is 55.0 Å². The maximum absolute atomic E-state index is 13.0. The molecule has 1 aromatic carbocycles. The molecule has 0 radical (unpaired) electrons. The Morgan fingerprint density at radius 3 is 2.35 bits per heavy atom. The molecule has 0 aliphatic heterocycles. The molecule has 0 unspecified atom stereocenters. The molecule has 9 heteroatoms. The van der Waals surface area contributed by atoms with Gasteiger partial charge in [0.25, 0.3) is 0 Å². The van der Waals surface area contributed by atoms with E-state index >= 15 is 0 Å². The number of pyridine rings is 2. The van der Waals surface area contributed by atoms with E-state index in [1.165, 1.54) is 18.3 Å². The standard InChI is InChI=1S/C22H16F4N4O/c1-13-8-14(18-11-29-21(30-18)15-3-7-20(23)28-9-15)2-6-19(13)31-12-17-5-4-16(10-27-17)22(24,25)26/h2-11H,12H2,1H3,(H,29,30). The number of hydrogen-bond acceptors (Lipinski definition) is 4. The number of aromatic amines is 1. The van der Waals surface area contributed by atoms with E-state index in [9.17, 15) is 17.6 Å². The Bertz CT molecular complexity index is 1190. The second-order valence-electron chi connectivity index (χ2n) is 6.82. The minimum Gasteiger partial charge on any atom is -0.487 e. The predicted molar refractivity (Wildman–Crippen MR) is 106 cm³/mol. The van der Waals surface area contributed by atoms with Crippen LogP contribution in [0.4, 0.5) is 17.6 Å². The molecule has 0 bridgehead atoms. The molecule has 5 nitrogen and oxygen atoms in total. The van der Waals surface area contributed by atoms with Crippen LogP contribution < -0.4 is 4.74 Å².